The lowest BCUT2D eigenvalue weighted by molar-refractivity contribution is -0.139. The van der Waals surface area contributed by atoms with Gasteiger partial charge in [0.1, 0.15) is 28.7 Å². The van der Waals surface area contributed by atoms with Crippen molar-refractivity contribution in [1.29, 1.82) is 0 Å². The number of likely N-dealkylation sites (tertiary alicyclic amines) is 1. The summed E-state index contributed by atoms with van der Waals surface area (Å²) in [5.41, 5.74) is 3.21. The number of hydrogen-bond acceptors (Lipinski definition) is 10. The number of carbonyl (C=O) groups is 5. The van der Waals surface area contributed by atoms with Crippen LogP contribution in [0.2, 0.25) is 0 Å². The van der Waals surface area contributed by atoms with Crippen molar-refractivity contribution in [2.75, 3.05) is 20.2 Å². The molecule has 1 aliphatic carbocycles. The van der Waals surface area contributed by atoms with E-state index in [0.717, 1.165) is 16.7 Å². The van der Waals surface area contributed by atoms with Gasteiger partial charge in [-0.2, -0.15) is 5.10 Å². The third kappa shape index (κ3) is 7.47. The fraction of sp³-hybridized carbons (Fsp3) is 0.410. The average Bonchev–Trinajstić information content (AvgIpc) is 3.53. The molecule has 0 unspecified atom stereocenters. The number of nitrogens with one attached hydrogen (secondary N) is 1. The van der Waals surface area contributed by atoms with Crippen molar-refractivity contribution in [2.45, 2.75) is 77.7 Å². The van der Waals surface area contributed by atoms with Crippen LogP contribution >= 0.6 is 15.9 Å². The highest BCUT2D eigenvalue weighted by Gasteiger charge is 2.67. The second-order valence-corrected chi connectivity index (χ2v) is 15.3. The quantitative estimate of drug-likeness (QED) is 0.178. The van der Waals surface area contributed by atoms with Crippen molar-refractivity contribution in [1.82, 2.24) is 39.8 Å². The number of ketones is 2. The van der Waals surface area contributed by atoms with Gasteiger partial charge in [-0.15, -0.1) is 0 Å². The molecule has 3 amide bonds. The van der Waals surface area contributed by atoms with E-state index in [1.165, 1.54) is 18.5 Å². The zero-order chi connectivity index (χ0) is 38.3. The zero-order valence-corrected chi connectivity index (χ0v) is 32.1. The maximum atomic E-state index is 14.5. The van der Waals surface area contributed by atoms with Crippen LogP contribution in [0.5, 0.6) is 0 Å². The molecule has 2 aliphatic heterocycles. The monoisotopic (exact) mass is 796 g/mol. The Labute approximate surface area is 320 Å². The lowest BCUT2D eigenvalue weighted by Crippen LogP contribution is -2.48. The second-order valence-electron chi connectivity index (χ2n) is 14.5. The maximum absolute atomic E-state index is 14.5. The Morgan fingerprint density at radius 3 is 2.56 bits per heavy atom. The number of halogens is 1. The third-order valence-corrected chi connectivity index (χ3v) is 11.0. The summed E-state index contributed by atoms with van der Waals surface area (Å²) in [7, 11) is 1.69. The van der Waals surface area contributed by atoms with Gasteiger partial charge in [0.05, 0.1) is 36.9 Å². The predicted octanol–water partition coefficient (Wildman–Crippen LogP) is 3.77. The molecule has 3 aromatic heterocycles. The Morgan fingerprint density at radius 1 is 1.04 bits per heavy atom. The van der Waals surface area contributed by atoms with Crippen LogP contribution in [0.4, 0.5) is 0 Å². The van der Waals surface area contributed by atoms with Crippen molar-refractivity contribution in [3.05, 3.63) is 82.3 Å². The topological polar surface area (TPSA) is 170 Å². The summed E-state index contributed by atoms with van der Waals surface area (Å²) >= 11 is 3.44. The second kappa shape index (κ2) is 14.9. The highest BCUT2D eigenvalue weighted by molar-refractivity contribution is 9.10. The molecule has 0 radical (unpaired) electrons. The molecule has 2 fully saturated rings. The number of aromatic nitrogens is 5. The SMILES string of the molecule is CC(=O)N[C@H]1CC=CCOCc2ccc(Br)nc2CC(=O)[C@@H]2C[C@]3(C[C@H]3N2C(=O)Cn2nc(C(C)=O)c3cc(-c4cnc(C)nc4)ccc32)CN(C)C1=O. The van der Waals surface area contributed by atoms with Gasteiger partial charge in [-0.25, -0.2) is 15.0 Å². The fourth-order valence-electron chi connectivity index (χ4n) is 7.87. The summed E-state index contributed by atoms with van der Waals surface area (Å²) in [6, 6.07) is 7.35. The predicted molar refractivity (Wildman–Crippen MR) is 201 cm³/mol. The summed E-state index contributed by atoms with van der Waals surface area (Å²) in [6.45, 7) is 5.17. The number of ether oxygens (including phenoxy) is 1. The van der Waals surface area contributed by atoms with E-state index >= 15 is 0 Å². The van der Waals surface area contributed by atoms with Crippen LogP contribution in [0.3, 0.4) is 0 Å². The number of Topliss-reactive ketones (excluding diaryl/α,β-unsaturated/α-hetero) is 2. The summed E-state index contributed by atoms with van der Waals surface area (Å²) in [4.78, 5) is 83.9. The molecule has 2 bridgehead atoms. The number of aryl methyl sites for hydroxylation is 1. The van der Waals surface area contributed by atoms with Crippen molar-refractivity contribution in [3.63, 3.8) is 0 Å². The number of nitrogens with zero attached hydrogens (tertiary/aromatic N) is 7. The van der Waals surface area contributed by atoms with Gasteiger partial charge in [-0.3, -0.25) is 28.7 Å². The molecule has 3 aliphatic rings. The van der Waals surface area contributed by atoms with E-state index in [4.69, 9.17) is 4.74 Å². The molecule has 1 saturated carbocycles. The Morgan fingerprint density at radius 2 is 1.81 bits per heavy atom. The number of fused-ring (bicyclic) bond motifs is 3. The number of pyridine rings is 1. The minimum absolute atomic E-state index is 0.0186. The lowest BCUT2D eigenvalue weighted by Gasteiger charge is -2.27. The van der Waals surface area contributed by atoms with E-state index < -0.39 is 17.5 Å². The molecule has 4 atom stereocenters. The van der Waals surface area contributed by atoms with Crippen LogP contribution in [0, 0.1) is 12.3 Å². The van der Waals surface area contributed by atoms with Crippen LogP contribution in [0.1, 0.15) is 60.7 Å². The van der Waals surface area contributed by atoms with E-state index in [0.29, 0.717) is 46.4 Å². The summed E-state index contributed by atoms with van der Waals surface area (Å²) < 4.78 is 7.99. The molecule has 7 rings (SSSR count). The van der Waals surface area contributed by atoms with Crippen LogP contribution in [-0.2, 0) is 43.5 Å². The van der Waals surface area contributed by atoms with E-state index in [1.54, 1.807) is 48.3 Å². The first-order chi connectivity index (χ1) is 25.8. The van der Waals surface area contributed by atoms with Crippen molar-refractivity contribution in [3.8, 4) is 11.1 Å². The number of hydrogen-bond donors (Lipinski definition) is 1. The average molecular weight is 798 g/mol. The number of rotatable bonds is 5. The summed E-state index contributed by atoms with van der Waals surface area (Å²) in [5, 5.41) is 7.97. The van der Waals surface area contributed by atoms with Gasteiger partial charge in [0.2, 0.25) is 17.7 Å². The van der Waals surface area contributed by atoms with Crippen molar-refractivity contribution in [2.24, 2.45) is 5.41 Å². The minimum atomic E-state index is -0.783. The first-order valence-electron chi connectivity index (χ1n) is 17.9. The Hall–Kier alpha value is -5.15. The summed E-state index contributed by atoms with van der Waals surface area (Å²) in [6.07, 6.45) is 8.28. The number of piperidine rings is 1. The van der Waals surface area contributed by atoms with Crippen LogP contribution in [0.15, 0.2) is 59.5 Å². The number of carbonyl (C=O) groups excluding carboxylic acids is 5. The molecule has 14 nitrogen and oxygen atoms in total. The molecular weight excluding hydrogens is 756 g/mol. The van der Waals surface area contributed by atoms with Crippen LogP contribution in [-0.4, -0.2) is 102 Å². The smallest absolute Gasteiger partial charge is 0.245 e. The highest BCUT2D eigenvalue weighted by atomic mass is 79.9. The molecular formula is C39H41BrN8O6. The maximum Gasteiger partial charge on any atom is 0.245 e. The summed E-state index contributed by atoms with van der Waals surface area (Å²) in [5.74, 6) is -0.676. The zero-order valence-electron chi connectivity index (χ0n) is 30.5. The Balaban J connectivity index is 1.22. The molecule has 1 spiro atoms. The Kier molecular flexibility index (Phi) is 10.3. The van der Waals surface area contributed by atoms with Gasteiger partial charge >= 0.3 is 0 Å². The van der Waals surface area contributed by atoms with Gasteiger partial charge in [0, 0.05) is 62.2 Å². The van der Waals surface area contributed by atoms with Gasteiger partial charge in [0.25, 0.3) is 0 Å². The van der Waals surface area contributed by atoms with E-state index in [2.05, 4.69) is 41.3 Å². The molecule has 5 heterocycles. The number of likely N-dealkylation sites (N-methyl/N-ethyl adjacent to an activating group) is 1. The fourth-order valence-corrected chi connectivity index (χ4v) is 8.22. The lowest BCUT2D eigenvalue weighted by atomic mass is 9.94. The number of amides is 3. The highest BCUT2D eigenvalue weighted by Crippen LogP contribution is 2.60. The molecule has 4 aromatic rings. The largest absolute Gasteiger partial charge is 0.373 e. The first kappa shape index (κ1) is 37.2. The van der Waals surface area contributed by atoms with Gasteiger partial charge in [0.15, 0.2) is 11.6 Å². The van der Waals surface area contributed by atoms with E-state index in [-0.39, 0.29) is 73.6 Å². The molecule has 1 saturated heterocycles. The van der Waals surface area contributed by atoms with Crippen LogP contribution < -0.4 is 5.32 Å². The molecule has 15 heteroatoms. The molecule has 1 N–H and O–H groups in total. The van der Waals surface area contributed by atoms with Crippen molar-refractivity contribution >= 4 is 56.1 Å². The van der Waals surface area contributed by atoms with Gasteiger partial charge in [-0.05, 0) is 71.4 Å². The molecule has 1 aromatic carbocycles. The Bertz CT molecular complexity index is 2200. The number of benzene rings is 1. The third-order valence-electron chi connectivity index (χ3n) is 10.6. The minimum Gasteiger partial charge on any atom is -0.373 e. The van der Waals surface area contributed by atoms with E-state index in [9.17, 15) is 24.0 Å². The molecule has 280 valence electrons. The normalized spacial score (nSPS) is 23.2. The standard InChI is InChI=1S/C39H41BrN8O6/c1-22(49)37-28-13-25(27-17-41-23(2)42-18-27)8-10-31(28)47(45-37)19-36(52)48-32-15-39(16-34(39)48)21-46(4)38(53)29(43-24(3)50)7-5-6-12-54-20-26-9-11-35(40)44-30(26)14-33(32)51/h5-6,8-11,13,17-18,29,32,34H,7,12,14-16,19-21H2,1-4H3,(H,43,50)/t29-,32-,34+,39-/m0/s1. The van der Waals surface area contributed by atoms with Crippen LogP contribution in [0.25, 0.3) is 22.0 Å². The molecule has 54 heavy (non-hydrogen) atoms. The van der Waals surface area contributed by atoms with Crippen molar-refractivity contribution < 1.29 is 28.7 Å². The van der Waals surface area contributed by atoms with E-state index in [1.807, 2.05) is 30.3 Å². The first-order valence-corrected chi connectivity index (χ1v) is 18.7. The van der Waals surface area contributed by atoms with Gasteiger partial charge < -0.3 is 19.9 Å². The van der Waals surface area contributed by atoms with Gasteiger partial charge in [-0.1, -0.05) is 24.3 Å².